The Hall–Kier alpha value is -3.79. The lowest BCUT2D eigenvalue weighted by Crippen LogP contribution is -2.28. The first-order valence-electron chi connectivity index (χ1n) is 10.7. The number of thioether (sulfide) groups is 1. The van der Waals surface area contributed by atoms with Gasteiger partial charge in [-0.25, -0.2) is 0 Å². The quantitative estimate of drug-likeness (QED) is 0.258. The van der Waals surface area contributed by atoms with Crippen molar-refractivity contribution in [3.63, 3.8) is 0 Å². The fourth-order valence-electron chi connectivity index (χ4n) is 3.21. The number of carbonyl (C=O) groups excluding carboxylic acids is 1. The molecule has 1 N–H and O–H groups in total. The molecule has 10 heteroatoms. The van der Waals surface area contributed by atoms with Crippen molar-refractivity contribution in [2.24, 2.45) is 0 Å². The average Bonchev–Trinajstić information content (AvgIpc) is 3.30. The number of benzene rings is 2. The standard InChI is InChI=1S/C24H25N5O4S/c1-31-17-8-9-19(20(16-17)32-2)24-27-26-21-10-11-23(28-29(21)24)33-14-13-25-22(30)12-15-34-18-6-4-3-5-7-18/h3-11,16H,12-15H2,1-2H3,(H,25,30). The van der Waals surface area contributed by atoms with Crippen molar-refractivity contribution in [3.8, 4) is 28.8 Å². The maximum Gasteiger partial charge on any atom is 0.231 e. The first kappa shape index (κ1) is 23.4. The Labute approximate surface area is 201 Å². The van der Waals surface area contributed by atoms with E-state index in [1.54, 1.807) is 48.7 Å². The van der Waals surface area contributed by atoms with Crippen LogP contribution in [0.5, 0.6) is 17.4 Å². The number of ether oxygens (including phenoxy) is 3. The molecule has 0 bridgehead atoms. The van der Waals surface area contributed by atoms with Crippen LogP contribution < -0.4 is 19.5 Å². The Morgan fingerprint density at radius 1 is 1.03 bits per heavy atom. The van der Waals surface area contributed by atoms with Gasteiger partial charge in [0.15, 0.2) is 11.5 Å². The minimum absolute atomic E-state index is 0.0110. The Kier molecular flexibility index (Phi) is 7.82. The van der Waals surface area contributed by atoms with Gasteiger partial charge in [0.05, 0.1) is 26.3 Å². The molecule has 0 spiro atoms. The molecular weight excluding hydrogens is 454 g/mol. The summed E-state index contributed by atoms with van der Waals surface area (Å²) in [4.78, 5) is 13.2. The van der Waals surface area contributed by atoms with E-state index in [0.717, 1.165) is 16.2 Å². The summed E-state index contributed by atoms with van der Waals surface area (Å²) in [5.74, 6) is 2.89. The van der Waals surface area contributed by atoms with E-state index in [-0.39, 0.29) is 5.91 Å². The van der Waals surface area contributed by atoms with Crippen molar-refractivity contribution < 1.29 is 19.0 Å². The number of nitrogens with zero attached hydrogens (tertiary/aromatic N) is 4. The SMILES string of the molecule is COc1ccc(-c2nnc3ccc(OCCNC(=O)CCSc4ccccc4)nn23)c(OC)c1. The van der Waals surface area contributed by atoms with Gasteiger partial charge < -0.3 is 19.5 Å². The molecule has 0 atom stereocenters. The molecule has 0 saturated carbocycles. The van der Waals surface area contributed by atoms with Gasteiger partial charge >= 0.3 is 0 Å². The molecule has 0 fully saturated rings. The van der Waals surface area contributed by atoms with Gasteiger partial charge in [-0.15, -0.1) is 27.1 Å². The molecule has 9 nitrogen and oxygen atoms in total. The number of carbonyl (C=O) groups is 1. The zero-order chi connectivity index (χ0) is 23.8. The minimum Gasteiger partial charge on any atom is -0.497 e. The van der Waals surface area contributed by atoms with E-state index < -0.39 is 0 Å². The number of aromatic nitrogens is 4. The maximum atomic E-state index is 12.1. The van der Waals surface area contributed by atoms with Crippen molar-refractivity contribution in [3.05, 3.63) is 60.7 Å². The number of nitrogens with one attached hydrogen (secondary N) is 1. The van der Waals surface area contributed by atoms with Crippen LogP contribution in [0.1, 0.15) is 6.42 Å². The van der Waals surface area contributed by atoms with Crippen molar-refractivity contribution in [1.82, 2.24) is 25.1 Å². The fraction of sp³-hybridized carbons (Fsp3) is 0.250. The normalized spacial score (nSPS) is 10.8. The van der Waals surface area contributed by atoms with E-state index in [1.165, 1.54) is 0 Å². The summed E-state index contributed by atoms with van der Waals surface area (Å²) in [6.45, 7) is 0.676. The zero-order valence-corrected chi connectivity index (χ0v) is 19.7. The van der Waals surface area contributed by atoms with Gasteiger partial charge in [-0.3, -0.25) is 4.79 Å². The van der Waals surface area contributed by atoms with Crippen molar-refractivity contribution in [2.75, 3.05) is 33.1 Å². The molecular formula is C24H25N5O4S. The van der Waals surface area contributed by atoms with E-state index in [9.17, 15) is 4.79 Å². The van der Waals surface area contributed by atoms with Crippen molar-refractivity contribution >= 4 is 23.3 Å². The maximum absolute atomic E-state index is 12.1. The van der Waals surface area contributed by atoms with Gasteiger partial charge in [-0.2, -0.15) is 4.52 Å². The molecule has 176 valence electrons. The molecule has 0 aliphatic heterocycles. The third-order valence-electron chi connectivity index (χ3n) is 4.90. The molecule has 4 aromatic rings. The van der Waals surface area contributed by atoms with Gasteiger partial charge in [-0.1, -0.05) is 18.2 Å². The van der Waals surface area contributed by atoms with E-state index in [1.807, 2.05) is 42.5 Å². The van der Waals surface area contributed by atoms with Crippen LogP contribution in [0.25, 0.3) is 17.0 Å². The minimum atomic E-state index is -0.0110. The first-order chi connectivity index (χ1) is 16.7. The second kappa shape index (κ2) is 11.4. The molecule has 0 saturated heterocycles. The number of hydrogen-bond donors (Lipinski definition) is 1. The molecule has 34 heavy (non-hydrogen) atoms. The van der Waals surface area contributed by atoms with Crippen molar-refractivity contribution in [1.29, 1.82) is 0 Å². The average molecular weight is 480 g/mol. The summed E-state index contributed by atoms with van der Waals surface area (Å²) < 4.78 is 18.1. The first-order valence-corrected chi connectivity index (χ1v) is 11.7. The highest BCUT2D eigenvalue weighted by Crippen LogP contribution is 2.32. The van der Waals surface area contributed by atoms with Crippen LogP contribution in [0.3, 0.4) is 0 Å². The molecule has 2 aromatic heterocycles. The van der Waals surface area contributed by atoms with E-state index in [2.05, 4.69) is 20.6 Å². The van der Waals surface area contributed by atoms with Crippen LogP contribution >= 0.6 is 11.8 Å². The van der Waals surface area contributed by atoms with Gasteiger partial charge in [-0.05, 0) is 30.3 Å². The highest BCUT2D eigenvalue weighted by molar-refractivity contribution is 7.99. The smallest absolute Gasteiger partial charge is 0.231 e. The molecule has 1 amide bonds. The van der Waals surface area contributed by atoms with Crippen LogP contribution in [0.4, 0.5) is 0 Å². The number of fused-ring (bicyclic) bond motifs is 1. The summed E-state index contributed by atoms with van der Waals surface area (Å²) >= 11 is 1.66. The van der Waals surface area contributed by atoms with E-state index in [4.69, 9.17) is 14.2 Å². The summed E-state index contributed by atoms with van der Waals surface area (Å²) in [5, 5.41) is 15.8. The predicted octanol–water partition coefficient (Wildman–Crippen LogP) is 3.49. The highest BCUT2D eigenvalue weighted by atomic mass is 32.2. The molecule has 0 unspecified atom stereocenters. The second-order valence-corrected chi connectivity index (χ2v) is 8.31. The summed E-state index contributed by atoms with van der Waals surface area (Å²) in [6.07, 6.45) is 0.442. The molecule has 2 aromatic carbocycles. The number of rotatable bonds is 11. The fourth-order valence-corrected chi connectivity index (χ4v) is 4.09. The highest BCUT2D eigenvalue weighted by Gasteiger charge is 2.16. The number of methoxy groups -OCH3 is 2. The molecule has 0 aliphatic rings. The summed E-state index contributed by atoms with van der Waals surface area (Å²) in [6, 6.07) is 18.9. The largest absolute Gasteiger partial charge is 0.497 e. The lowest BCUT2D eigenvalue weighted by molar-refractivity contribution is -0.120. The third-order valence-corrected chi connectivity index (χ3v) is 5.92. The number of amides is 1. The van der Waals surface area contributed by atoms with Crippen LogP contribution in [0, 0.1) is 0 Å². The lowest BCUT2D eigenvalue weighted by atomic mass is 10.2. The topological polar surface area (TPSA) is 99.9 Å². The van der Waals surface area contributed by atoms with Gasteiger partial charge in [0.25, 0.3) is 0 Å². The third kappa shape index (κ3) is 5.76. The molecule has 2 heterocycles. The Morgan fingerprint density at radius 3 is 2.68 bits per heavy atom. The van der Waals surface area contributed by atoms with Gasteiger partial charge in [0, 0.05) is 29.2 Å². The van der Waals surface area contributed by atoms with Crippen LogP contribution in [0.15, 0.2) is 65.6 Å². The van der Waals surface area contributed by atoms with E-state index >= 15 is 0 Å². The Bertz CT molecular complexity index is 1250. The Morgan fingerprint density at radius 2 is 1.88 bits per heavy atom. The van der Waals surface area contributed by atoms with Gasteiger partial charge in [0.1, 0.15) is 18.1 Å². The summed E-state index contributed by atoms with van der Waals surface area (Å²) in [5.41, 5.74) is 1.30. The van der Waals surface area contributed by atoms with E-state index in [0.29, 0.717) is 48.4 Å². The molecule has 0 radical (unpaired) electrons. The lowest BCUT2D eigenvalue weighted by Gasteiger charge is -2.10. The van der Waals surface area contributed by atoms with Crippen LogP contribution in [0.2, 0.25) is 0 Å². The van der Waals surface area contributed by atoms with Gasteiger partial charge in [0.2, 0.25) is 11.8 Å². The predicted molar refractivity (Wildman–Crippen MR) is 130 cm³/mol. The van der Waals surface area contributed by atoms with Crippen molar-refractivity contribution in [2.45, 2.75) is 11.3 Å². The Balaban J connectivity index is 1.32. The number of hydrogen-bond acceptors (Lipinski definition) is 8. The zero-order valence-electron chi connectivity index (χ0n) is 18.9. The second-order valence-electron chi connectivity index (χ2n) is 7.14. The molecule has 0 aliphatic carbocycles. The van der Waals surface area contributed by atoms with Crippen LogP contribution in [-0.2, 0) is 4.79 Å². The monoisotopic (exact) mass is 479 g/mol. The summed E-state index contributed by atoms with van der Waals surface area (Å²) in [7, 11) is 3.18. The molecule has 4 rings (SSSR count). The van der Waals surface area contributed by atoms with Crippen LogP contribution in [-0.4, -0.2) is 58.8 Å².